The van der Waals surface area contributed by atoms with Crippen molar-refractivity contribution >= 4 is 5.91 Å². The molecule has 5 heteroatoms. The average Bonchev–Trinajstić information content (AvgIpc) is 2.70. The van der Waals surface area contributed by atoms with Crippen molar-refractivity contribution in [1.82, 2.24) is 20.2 Å². The molecule has 1 aromatic rings. The highest BCUT2D eigenvalue weighted by molar-refractivity contribution is 5.75. The number of hydrogen-bond donors (Lipinski definition) is 2. The van der Waals surface area contributed by atoms with Gasteiger partial charge in [0.25, 0.3) is 0 Å². The Morgan fingerprint density at radius 2 is 2.38 bits per heavy atom. The third kappa shape index (κ3) is 4.93. The van der Waals surface area contributed by atoms with Crippen LogP contribution in [0.15, 0.2) is 18.7 Å². The highest BCUT2D eigenvalue weighted by Crippen LogP contribution is 1.91. The number of imidazole rings is 1. The molecule has 16 heavy (non-hydrogen) atoms. The zero-order chi connectivity index (χ0) is 11.8. The maximum Gasteiger partial charge on any atom is 0.221 e. The lowest BCUT2D eigenvalue weighted by atomic mass is 10.3. The van der Waals surface area contributed by atoms with Gasteiger partial charge in [-0.15, -0.1) is 0 Å². The summed E-state index contributed by atoms with van der Waals surface area (Å²) < 4.78 is 2.02. The van der Waals surface area contributed by atoms with Crippen LogP contribution in [0.4, 0.5) is 0 Å². The van der Waals surface area contributed by atoms with E-state index in [2.05, 4.69) is 22.5 Å². The van der Waals surface area contributed by atoms with E-state index < -0.39 is 0 Å². The normalized spacial score (nSPS) is 12.4. The van der Waals surface area contributed by atoms with Crippen molar-refractivity contribution in [2.75, 3.05) is 13.1 Å². The molecule has 0 bridgehead atoms. The Morgan fingerprint density at radius 1 is 1.56 bits per heavy atom. The Balaban J connectivity index is 2.11. The molecule has 1 rings (SSSR count). The summed E-state index contributed by atoms with van der Waals surface area (Å²) >= 11 is 0. The molecule has 1 atom stereocenters. The van der Waals surface area contributed by atoms with E-state index in [1.807, 2.05) is 17.7 Å². The van der Waals surface area contributed by atoms with Gasteiger partial charge in [-0.2, -0.15) is 0 Å². The molecule has 0 spiro atoms. The third-order valence-electron chi connectivity index (χ3n) is 2.26. The SMILES string of the molecule is CCNC(=O)CCNC(C)Cn1ccnc1. The number of carbonyl (C=O) groups is 1. The van der Waals surface area contributed by atoms with Gasteiger partial charge in [0, 0.05) is 44.5 Å². The van der Waals surface area contributed by atoms with Crippen molar-refractivity contribution in [3.05, 3.63) is 18.7 Å². The quantitative estimate of drug-likeness (QED) is 0.704. The number of amides is 1. The van der Waals surface area contributed by atoms with E-state index in [-0.39, 0.29) is 5.91 Å². The van der Waals surface area contributed by atoms with Gasteiger partial charge in [-0.05, 0) is 13.8 Å². The van der Waals surface area contributed by atoms with Gasteiger partial charge in [0.15, 0.2) is 0 Å². The number of nitrogens with zero attached hydrogens (tertiary/aromatic N) is 2. The number of carbonyl (C=O) groups excluding carboxylic acids is 1. The predicted molar refractivity (Wildman–Crippen MR) is 63.0 cm³/mol. The molecule has 90 valence electrons. The Kier molecular flexibility index (Phi) is 5.56. The van der Waals surface area contributed by atoms with Crippen molar-refractivity contribution in [2.24, 2.45) is 0 Å². The van der Waals surface area contributed by atoms with Crippen LogP contribution in [0.1, 0.15) is 20.3 Å². The van der Waals surface area contributed by atoms with Crippen molar-refractivity contribution in [1.29, 1.82) is 0 Å². The first kappa shape index (κ1) is 12.7. The lowest BCUT2D eigenvalue weighted by Gasteiger charge is -2.13. The zero-order valence-corrected chi connectivity index (χ0v) is 9.94. The van der Waals surface area contributed by atoms with Gasteiger partial charge in [0.1, 0.15) is 0 Å². The fourth-order valence-electron chi connectivity index (χ4n) is 1.49. The van der Waals surface area contributed by atoms with E-state index >= 15 is 0 Å². The predicted octanol–water partition coefficient (Wildman–Crippen LogP) is 0.387. The molecule has 0 aliphatic heterocycles. The molecule has 5 nitrogen and oxygen atoms in total. The fraction of sp³-hybridized carbons (Fsp3) is 0.636. The number of nitrogens with one attached hydrogen (secondary N) is 2. The van der Waals surface area contributed by atoms with Crippen LogP contribution in [0.25, 0.3) is 0 Å². The van der Waals surface area contributed by atoms with Crippen molar-refractivity contribution in [3.63, 3.8) is 0 Å². The van der Waals surface area contributed by atoms with Gasteiger partial charge in [0.2, 0.25) is 5.91 Å². The molecule has 0 saturated heterocycles. The van der Waals surface area contributed by atoms with Crippen LogP contribution < -0.4 is 10.6 Å². The molecule has 1 aromatic heterocycles. The first-order valence-corrected chi connectivity index (χ1v) is 5.68. The number of aromatic nitrogens is 2. The van der Waals surface area contributed by atoms with Crippen LogP contribution in [0.3, 0.4) is 0 Å². The van der Waals surface area contributed by atoms with Crippen LogP contribution in [0.5, 0.6) is 0 Å². The highest BCUT2D eigenvalue weighted by Gasteiger charge is 2.03. The molecule has 0 saturated carbocycles. The molecule has 0 aromatic carbocycles. The Morgan fingerprint density at radius 3 is 3.00 bits per heavy atom. The maximum absolute atomic E-state index is 11.2. The molecule has 2 N–H and O–H groups in total. The fourth-order valence-corrected chi connectivity index (χ4v) is 1.49. The molecular weight excluding hydrogens is 204 g/mol. The van der Waals surface area contributed by atoms with Crippen molar-refractivity contribution < 1.29 is 4.79 Å². The highest BCUT2D eigenvalue weighted by atomic mass is 16.1. The summed E-state index contributed by atoms with van der Waals surface area (Å²) in [4.78, 5) is 15.2. The standard InChI is InChI=1S/C11H20N4O/c1-3-13-11(16)4-5-14-10(2)8-15-7-6-12-9-15/h6-7,9-10,14H,3-5,8H2,1-2H3,(H,13,16). The third-order valence-corrected chi connectivity index (χ3v) is 2.26. The Hall–Kier alpha value is -1.36. The molecular formula is C11H20N4O. The van der Waals surface area contributed by atoms with Gasteiger partial charge in [0.05, 0.1) is 6.33 Å². The summed E-state index contributed by atoms with van der Waals surface area (Å²) in [6, 6.07) is 0.337. The van der Waals surface area contributed by atoms with Gasteiger partial charge in [-0.3, -0.25) is 4.79 Å². The van der Waals surface area contributed by atoms with Crippen LogP contribution in [-0.4, -0.2) is 34.6 Å². The summed E-state index contributed by atoms with van der Waals surface area (Å²) in [5.41, 5.74) is 0. The van der Waals surface area contributed by atoms with Crippen molar-refractivity contribution in [2.45, 2.75) is 32.9 Å². The molecule has 1 heterocycles. The first-order chi connectivity index (χ1) is 7.72. The maximum atomic E-state index is 11.2. The summed E-state index contributed by atoms with van der Waals surface area (Å²) in [5, 5.41) is 6.07. The monoisotopic (exact) mass is 224 g/mol. The smallest absolute Gasteiger partial charge is 0.221 e. The first-order valence-electron chi connectivity index (χ1n) is 5.68. The minimum absolute atomic E-state index is 0.102. The average molecular weight is 224 g/mol. The molecule has 0 aliphatic rings. The van der Waals surface area contributed by atoms with E-state index in [1.165, 1.54) is 0 Å². The molecule has 0 radical (unpaired) electrons. The topological polar surface area (TPSA) is 59.0 Å². The van der Waals surface area contributed by atoms with Crippen LogP contribution in [0, 0.1) is 0 Å². The molecule has 1 unspecified atom stereocenters. The number of hydrogen-bond acceptors (Lipinski definition) is 3. The van der Waals surface area contributed by atoms with Gasteiger partial charge >= 0.3 is 0 Å². The van der Waals surface area contributed by atoms with Crippen LogP contribution in [-0.2, 0) is 11.3 Å². The minimum atomic E-state index is 0.102. The van der Waals surface area contributed by atoms with Gasteiger partial charge in [-0.1, -0.05) is 0 Å². The Labute approximate surface area is 96.3 Å². The van der Waals surface area contributed by atoms with E-state index in [4.69, 9.17) is 0 Å². The van der Waals surface area contributed by atoms with Crippen molar-refractivity contribution in [3.8, 4) is 0 Å². The van der Waals surface area contributed by atoms with E-state index in [0.29, 0.717) is 25.6 Å². The lowest BCUT2D eigenvalue weighted by molar-refractivity contribution is -0.120. The molecule has 1 amide bonds. The van der Waals surface area contributed by atoms with Crippen LogP contribution >= 0.6 is 0 Å². The number of rotatable bonds is 7. The second kappa shape index (κ2) is 7.00. The summed E-state index contributed by atoms with van der Waals surface area (Å²) in [6.45, 7) is 6.30. The van der Waals surface area contributed by atoms with E-state index in [0.717, 1.165) is 6.54 Å². The lowest BCUT2D eigenvalue weighted by Crippen LogP contribution is -2.34. The second-order valence-corrected chi connectivity index (χ2v) is 3.82. The summed E-state index contributed by atoms with van der Waals surface area (Å²) in [7, 11) is 0. The minimum Gasteiger partial charge on any atom is -0.356 e. The largest absolute Gasteiger partial charge is 0.356 e. The van der Waals surface area contributed by atoms with E-state index in [1.54, 1.807) is 12.5 Å². The van der Waals surface area contributed by atoms with E-state index in [9.17, 15) is 4.79 Å². The molecule has 0 fully saturated rings. The Bertz CT molecular complexity index is 297. The zero-order valence-electron chi connectivity index (χ0n) is 9.94. The van der Waals surface area contributed by atoms with Gasteiger partial charge in [-0.25, -0.2) is 4.98 Å². The summed E-state index contributed by atoms with van der Waals surface area (Å²) in [5.74, 6) is 0.102. The molecule has 0 aliphatic carbocycles. The summed E-state index contributed by atoms with van der Waals surface area (Å²) in [6.07, 6.45) is 6.02. The van der Waals surface area contributed by atoms with Gasteiger partial charge < -0.3 is 15.2 Å². The second-order valence-electron chi connectivity index (χ2n) is 3.82. The van der Waals surface area contributed by atoms with Crippen LogP contribution in [0.2, 0.25) is 0 Å².